The molecule has 3 rings (SSSR count). The second kappa shape index (κ2) is 8.11. The minimum Gasteiger partial charge on any atom is -0.313 e. The molecular weight excluding hydrogens is 358 g/mol. The Morgan fingerprint density at radius 1 is 1.08 bits per heavy atom. The first kappa shape index (κ1) is 18.7. The van der Waals surface area contributed by atoms with Crippen molar-refractivity contribution in [2.75, 3.05) is 13.1 Å². The number of nitrogens with one attached hydrogen (secondary N) is 4. The lowest BCUT2D eigenvalue weighted by atomic mass is 10.1. The van der Waals surface area contributed by atoms with Crippen molar-refractivity contribution in [3.8, 4) is 0 Å². The molecular formula is C16H23N5O4S. The average Bonchev–Trinajstić information content (AvgIpc) is 2.87. The third-order valence-corrected chi connectivity index (χ3v) is 6.01. The Morgan fingerprint density at radius 2 is 1.81 bits per heavy atom. The van der Waals surface area contributed by atoms with Crippen LogP contribution >= 0.6 is 0 Å². The van der Waals surface area contributed by atoms with Gasteiger partial charge in [-0.1, -0.05) is 25.7 Å². The summed E-state index contributed by atoms with van der Waals surface area (Å²) in [7, 11) is -3.79. The van der Waals surface area contributed by atoms with E-state index in [1.165, 1.54) is 31.7 Å². The molecule has 0 unspecified atom stereocenters. The maximum Gasteiger partial charge on any atom is 0.327 e. The van der Waals surface area contributed by atoms with E-state index in [0.29, 0.717) is 12.6 Å². The highest BCUT2D eigenvalue weighted by Crippen LogP contribution is 2.17. The van der Waals surface area contributed by atoms with Crippen LogP contribution in [0.2, 0.25) is 0 Å². The fourth-order valence-electron chi connectivity index (χ4n) is 3.20. The predicted octanol–water partition coefficient (Wildman–Crippen LogP) is 0.202. The van der Waals surface area contributed by atoms with Crippen molar-refractivity contribution in [1.82, 2.24) is 25.0 Å². The quantitative estimate of drug-likeness (QED) is 0.417. The molecule has 1 aliphatic rings. The standard InChI is InChI=1S/C16H23N5O4S/c22-15-13-9-12(10-18-14(13)20-16(23)21-15)26(24,25)19-8-7-17-11-5-3-1-2-4-6-11/h9-11,17,19H,1-8H2,(H2,18,20,21,22,23). The van der Waals surface area contributed by atoms with E-state index in [-0.39, 0.29) is 22.5 Å². The van der Waals surface area contributed by atoms with Gasteiger partial charge in [-0.3, -0.25) is 14.8 Å². The van der Waals surface area contributed by atoms with Crippen LogP contribution in [0.15, 0.2) is 26.7 Å². The largest absolute Gasteiger partial charge is 0.327 e. The minimum absolute atomic E-state index is 0.0176. The molecule has 0 aromatic carbocycles. The molecule has 4 N–H and O–H groups in total. The van der Waals surface area contributed by atoms with Crippen molar-refractivity contribution in [1.29, 1.82) is 0 Å². The van der Waals surface area contributed by atoms with Gasteiger partial charge in [-0.25, -0.2) is 22.9 Å². The number of hydrogen-bond donors (Lipinski definition) is 4. The van der Waals surface area contributed by atoms with Crippen LogP contribution in [0.5, 0.6) is 0 Å². The fraction of sp³-hybridized carbons (Fsp3) is 0.562. The Kier molecular flexibility index (Phi) is 5.84. The highest BCUT2D eigenvalue weighted by molar-refractivity contribution is 7.89. The summed E-state index contributed by atoms with van der Waals surface area (Å²) in [4.78, 5) is 31.2. The van der Waals surface area contributed by atoms with Gasteiger partial charge < -0.3 is 5.32 Å². The number of sulfonamides is 1. The number of aromatic amines is 2. The summed E-state index contributed by atoms with van der Waals surface area (Å²) in [6.07, 6.45) is 8.34. The van der Waals surface area contributed by atoms with Gasteiger partial charge >= 0.3 is 5.69 Å². The van der Waals surface area contributed by atoms with E-state index in [2.05, 4.69) is 25.0 Å². The molecule has 9 nitrogen and oxygen atoms in total. The lowest BCUT2D eigenvalue weighted by molar-refractivity contribution is 0.461. The number of hydrogen-bond acceptors (Lipinski definition) is 6. The number of aromatic nitrogens is 3. The second-order valence-corrected chi connectivity index (χ2v) is 8.28. The molecule has 0 saturated heterocycles. The molecule has 26 heavy (non-hydrogen) atoms. The summed E-state index contributed by atoms with van der Waals surface area (Å²) in [6.45, 7) is 0.789. The zero-order valence-electron chi connectivity index (χ0n) is 14.4. The Bertz CT molecular complexity index is 974. The zero-order chi connectivity index (χ0) is 18.6. The summed E-state index contributed by atoms with van der Waals surface area (Å²) < 4.78 is 27.3. The van der Waals surface area contributed by atoms with Crippen molar-refractivity contribution in [2.45, 2.75) is 49.5 Å². The first-order valence-corrected chi connectivity index (χ1v) is 10.3. The number of nitrogens with zero attached hydrogens (tertiary/aromatic N) is 1. The number of pyridine rings is 1. The van der Waals surface area contributed by atoms with Gasteiger partial charge in [0.2, 0.25) is 10.0 Å². The fourth-order valence-corrected chi connectivity index (χ4v) is 4.20. The van der Waals surface area contributed by atoms with E-state index in [1.807, 2.05) is 0 Å². The van der Waals surface area contributed by atoms with E-state index in [4.69, 9.17) is 0 Å². The van der Waals surface area contributed by atoms with Crippen molar-refractivity contribution >= 4 is 21.1 Å². The van der Waals surface area contributed by atoms with Gasteiger partial charge in [-0.05, 0) is 18.9 Å². The van der Waals surface area contributed by atoms with E-state index in [1.54, 1.807) is 0 Å². The van der Waals surface area contributed by atoms with Crippen LogP contribution in [-0.2, 0) is 10.0 Å². The molecule has 0 bridgehead atoms. The number of fused-ring (bicyclic) bond motifs is 1. The molecule has 0 spiro atoms. The summed E-state index contributed by atoms with van der Waals surface area (Å²) in [5.74, 6) is 0. The van der Waals surface area contributed by atoms with Crippen LogP contribution in [0, 0.1) is 0 Å². The molecule has 0 radical (unpaired) electrons. The highest BCUT2D eigenvalue weighted by Gasteiger charge is 2.17. The summed E-state index contributed by atoms with van der Waals surface area (Å²) in [5, 5.41) is 3.41. The van der Waals surface area contributed by atoms with Gasteiger partial charge in [0.1, 0.15) is 10.5 Å². The summed E-state index contributed by atoms with van der Waals surface area (Å²) in [5.41, 5.74) is -1.32. The molecule has 1 aliphatic carbocycles. The maximum atomic E-state index is 12.4. The number of H-pyrrole nitrogens is 2. The summed E-state index contributed by atoms with van der Waals surface area (Å²) in [6, 6.07) is 1.65. The van der Waals surface area contributed by atoms with E-state index >= 15 is 0 Å². The molecule has 1 saturated carbocycles. The molecule has 0 atom stereocenters. The SMILES string of the molecule is O=c1[nH]c(=O)c2cc(S(=O)(=O)NCCNC3CCCCCC3)cnc2[nH]1. The van der Waals surface area contributed by atoms with Gasteiger partial charge in [0.05, 0.1) is 5.39 Å². The maximum absolute atomic E-state index is 12.4. The molecule has 2 heterocycles. The van der Waals surface area contributed by atoms with Gasteiger partial charge in [0.15, 0.2) is 0 Å². The highest BCUT2D eigenvalue weighted by atomic mass is 32.2. The Hall–Kier alpha value is -2.04. The summed E-state index contributed by atoms with van der Waals surface area (Å²) >= 11 is 0. The molecule has 142 valence electrons. The Labute approximate surface area is 150 Å². The lowest BCUT2D eigenvalue weighted by Gasteiger charge is -2.16. The van der Waals surface area contributed by atoms with Crippen LogP contribution < -0.4 is 21.3 Å². The molecule has 0 amide bonds. The van der Waals surface area contributed by atoms with Crippen molar-refractivity contribution < 1.29 is 8.42 Å². The average molecular weight is 381 g/mol. The normalized spacial score (nSPS) is 16.6. The van der Waals surface area contributed by atoms with Gasteiger partial charge in [-0.2, -0.15) is 0 Å². The zero-order valence-corrected chi connectivity index (χ0v) is 15.2. The van der Waals surface area contributed by atoms with Gasteiger partial charge in [-0.15, -0.1) is 0 Å². The smallest absolute Gasteiger partial charge is 0.313 e. The first-order valence-electron chi connectivity index (χ1n) is 8.81. The molecule has 10 heteroatoms. The third-order valence-electron chi connectivity index (χ3n) is 4.58. The minimum atomic E-state index is -3.79. The van der Waals surface area contributed by atoms with Crippen LogP contribution in [0.1, 0.15) is 38.5 Å². The van der Waals surface area contributed by atoms with Crippen LogP contribution in [0.3, 0.4) is 0 Å². The lowest BCUT2D eigenvalue weighted by Crippen LogP contribution is -2.37. The molecule has 2 aromatic heterocycles. The van der Waals surface area contributed by atoms with Crippen molar-refractivity contribution in [3.05, 3.63) is 33.1 Å². The topological polar surface area (TPSA) is 137 Å². The third kappa shape index (κ3) is 4.57. The van der Waals surface area contributed by atoms with E-state index in [9.17, 15) is 18.0 Å². The molecule has 0 aliphatic heterocycles. The predicted molar refractivity (Wildman–Crippen MR) is 97.7 cm³/mol. The van der Waals surface area contributed by atoms with Crippen LogP contribution in [0.25, 0.3) is 11.0 Å². The molecule has 1 fully saturated rings. The van der Waals surface area contributed by atoms with Crippen molar-refractivity contribution in [2.24, 2.45) is 0 Å². The van der Waals surface area contributed by atoms with Crippen LogP contribution in [-0.4, -0.2) is 42.5 Å². The second-order valence-electron chi connectivity index (χ2n) is 6.52. The van der Waals surface area contributed by atoms with Gasteiger partial charge in [0, 0.05) is 25.3 Å². The first-order chi connectivity index (χ1) is 12.5. The van der Waals surface area contributed by atoms with Crippen LogP contribution in [0.4, 0.5) is 0 Å². The number of rotatable bonds is 6. The Morgan fingerprint density at radius 3 is 2.54 bits per heavy atom. The Balaban J connectivity index is 1.63. The van der Waals surface area contributed by atoms with E-state index in [0.717, 1.165) is 19.0 Å². The van der Waals surface area contributed by atoms with Crippen molar-refractivity contribution in [3.63, 3.8) is 0 Å². The monoisotopic (exact) mass is 381 g/mol. The van der Waals surface area contributed by atoms with E-state index < -0.39 is 21.3 Å². The van der Waals surface area contributed by atoms with Gasteiger partial charge in [0.25, 0.3) is 5.56 Å². The molecule has 2 aromatic rings.